The van der Waals surface area contributed by atoms with E-state index in [1.165, 1.54) is 24.9 Å². The maximum absolute atomic E-state index is 12.4. The monoisotopic (exact) mass is 408 g/mol. The van der Waals surface area contributed by atoms with Gasteiger partial charge in [0.25, 0.3) is 5.22 Å². The van der Waals surface area contributed by atoms with Crippen LogP contribution in [0.25, 0.3) is 11.5 Å². The standard InChI is InChI=1S/C18H14F2N2O5S/c1-23-14-6-10(2-4-13(14)26-17(19)20)8-28-18-22-21-16(27-18)11-3-5-12-15(7-11)25-9-24-12/h2-7,17H,8-9H2,1H3. The van der Waals surface area contributed by atoms with Crippen molar-refractivity contribution in [1.29, 1.82) is 0 Å². The van der Waals surface area contributed by atoms with Crippen molar-refractivity contribution in [2.45, 2.75) is 17.6 Å². The largest absolute Gasteiger partial charge is 0.493 e. The van der Waals surface area contributed by atoms with Crippen molar-refractivity contribution in [3.8, 4) is 34.5 Å². The van der Waals surface area contributed by atoms with Crippen molar-refractivity contribution in [3.05, 3.63) is 42.0 Å². The molecule has 2 aromatic carbocycles. The number of hydrogen-bond acceptors (Lipinski definition) is 8. The molecule has 10 heteroatoms. The van der Waals surface area contributed by atoms with Gasteiger partial charge >= 0.3 is 6.61 Å². The Morgan fingerprint density at radius 2 is 1.93 bits per heavy atom. The Bertz CT molecular complexity index is 982. The minimum absolute atomic E-state index is 0.0193. The molecule has 0 N–H and O–H groups in total. The average molecular weight is 408 g/mol. The molecule has 0 radical (unpaired) electrons. The van der Waals surface area contributed by atoms with Crippen LogP contribution in [-0.2, 0) is 5.75 Å². The summed E-state index contributed by atoms with van der Waals surface area (Å²) in [6, 6.07) is 10.1. The van der Waals surface area contributed by atoms with E-state index in [1.807, 2.05) is 6.07 Å². The molecule has 0 unspecified atom stereocenters. The van der Waals surface area contributed by atoms with Crippen LogP contribution in [0.4, 0.5) is 8.78 Å². The summed E-state index contributed by atoms with van der Waals surface area (Å²) in [5.41, 5.74) is 1.55. The molecule has 28 heavy (non-hydrogen) atoms. The first kappa shape index (κ1) is 18.4. The van der Waals surface area contributed by atoms with Crippen LogP contribution in [0.15, 0.2) is 46.0 Å². The van der Waals surface area contributed by atoms with Gasteiger partial charge in [0.1, 0.15) is 0 Å². The zero-order valence-corrected chi connectivity index (χ0v) is 15.4. The molecule has 2 heterocycles. The molecule has 0 saturated carbocycles. The van der Waals surface area contributed by atoms with E-state index >= 15 is 0 Å². The summed E-state index contributed by atoms with van der Waals surface area (Å²) in [6.45, 7) is -2.73. The van der Waals surface area contributed by atoms with Crippen LogP contribution in [0, 0.1) is 0 Å². The molecule has 146 valence electrons. The number of aromatic nitrogens is 2. The Labute approximate surface area is 162 Å². The third-order valence-electron chi connectivity index (χ3n) is 3.83. The van der Waals surface area contributed by atoms with Gasteiger partial charge in [-0.15, -0.1) is 10.2 Å². The minimum atomic E-state index is -2.91. The number of nitrogens with zero attached hydrogens (tertiary/aromatic N) is 2. The van der Waals surface area contributed by atoms with Crippen LogP contribution in [0.5, 0.6) is 23.0 Å². The number of halogens is 2. The van der Waals surface area contributed by atoms with E-state index in [2.05, 4.69) is 14.9 Å². The van der Waals surface area contributed by atoms with Gasteiger partial charge in [0, 0.05) is 11.3 Å². The van der Waals surface area contributed by atoms with Gasteiger partial charge < -0.3 is 23.4 Å². The van der Waals surface area contributed by atoms with Crippen molar-refractivity contribution in [2.75, 3.05) is 13.9 Å². The predicted molar refractivity (Wildman–Crippen MR) is 95.0 cm³/mol. The number of rotatable bonds is 7. The number of alkyl halides is 2. The van der Waals surface area contributed by atoms with Gasteiger partial charge in [-0.25, -0.2) is 0 Å². The molecule has 1 aromatic heterocycles. The number of benzene rings is 2. The summed E-state index contributed by atoms with van der Waals surface area (Å²) in [7, 11) is 1.39. The van der Waals surface area contributed by atoms with Crippen LogP contribution < -0.4 is 18.9 Å². The first-order valence-electron chi connectivity index (χ1n) is 8.10. The number of methoxy groups -OCH3 is 1. The zero-order chi connectivity index (χ0) is 19.5. The Morgan fingerprint density at radius 1 is 1.07 bits per heavy atom. The third kappa shape index (κ3) is 3.96. The lowest BCUT2D eigenvalue weighted by Crippen LogP contribution is -2.03. The van der Waals surface area contributed by atoms with Gasteiger partial charge in [-0.2, -0.15) is 8.78 Å². The van der Waals surface area contributed by atoms with Crippen molar-refractivity contribution < 1.29 is 32.1 Å². The lowest BCUT2D eigenvalue weighted by molar-refractivity contribution is -0.0512. The molecule has 0 spiro atoms. The summed E-state index contributed by atoms with van der Waals surface area (Å²) < 4.78 is 50.6. The van der Waals surface area contributed by atoms with Gasteiger partial charge in [0.05, 0.1) is 7.11 Å². The molecule has 1 aliphatic rings. The van der Waals surface area contributed by atoms with Gasteiger partial charge in [-0.3, -0.25) is 0 Å². The Morgan fingerprint density at radius 3 is 2.75 bits per heavy atom. The minimum Gasteiger partial charge on any atom is -0.493 e. The van der Waals surface area contributed by atoms with E-state index in [0.29, 0.717) is 28.4 Å². The fraction of sp³-hybridized carbons (Fsp3) is 0.222. The van der Waals surface area contributed by atoms with Gasteiger partial charge in [-0.1, -0.05) is 17.8 Å². The second-order valence-corrected chi connectivity index (χ2v) is 6.52. The van der Waals surface area contributed by atoms with Crippen molar-refractivity contribution in [1.82, 2.24) is 10.2 Å². The fourth-order valence-electron chi connectivity index (χ4n) is 2.55. The van der Waals surface area contributed by atoms with Gasteiger partial charge in [-0.05, 0) is 35.9 Å². The molecular weight excluding hydrogens is 394 g/mol. The number of ether oxygens (including phenoxy) is 4. The maximum atomic E-state index is 12.4. The molecule has 0 atom stereocenters. The average Bonchev–Trinajstić information content (AvgIpc) is 3.35. The second-order valence-electron chi connectivity index (χ2n) is 5.59. The molecule has 0 amide bonds. The van der Waals surface area contributed by atoms with E-state index in [9.17, 15) is 8.78 Å². The number of hydrogen-bond donors (Lipinski definition) is 0. The molecule has 7 nitrogen and oxygen atoms in total. The highest BCUT2D eigenvalue weighted by Gasteiger charge is 2.17. The van der Waals surface area contributed by atoms with Crippen LogP contribution in [0.1, 0.15) is 5.56 Å². The Kier molecular flexibility index (Phi) is 5.20. The van der Waals surface area contributed by atoms with E-state index in [1.54, 1.807) is 24.3 Å². The topological polar surface area (TPSA) is 75.8 Å². The van der Waals surface area contributed by atoms with E-state index in [-0.39, 0.29) is 18.3 Å². The van der Waals surface area contributed by atoms with Crippen LogP contribution in [-0.4, -0.2) is 30.7 Å². The van der Waals surface area contributed by atoms with Gasteiger partial charge in [0.2, 0.25) is 12.7 Å². The normalized spacial score (nSPS) is 12.4. The number of fused-ring (bicyclic) bond motifs is 1. The first-order chi connectivity index (χ1) is 13.6. The molecule has 0 fully saturated rings. The van der Waals surface area contributed by atoms with E-state index < -0.39 is 6.61 Å². The lowest BCUT2D eigenvalue weighted by atomic mass is 10.2. The SMILES string of the molecule is COc1cc(CSc2nnc(-c3ccc4c(c3)OCO4)o2)ccc1OC(F)F. The zero-order valence-electron chi connectivity index (χ0n) is 14.6. The van der Waals surface area contributed by atoms with Crippen molar-refractivity contribution in [2.24, 2.45) is 0 Å². The van der Waals surface area contributed by atoms with E-state index in [4.69, 9.17) is 18.6 Å². The summed E-state index contributed by atoms with van der Waals surface area (Å²) in [5.74, 6) is 2.35. The molecule has 0 bridgehead atoms. The van der Waals surface area contributed by atoms with Crippen LogP contribution in [0.3, 0.4) is 0 Å². The van der Waals surface area contributed by atoms with Crippen molar-refractivity contribution >= 4 is 11.8 Å². The lowest BCUT2D eigenvalue weighted by Gasteiger charge is -2.10. The molecule has 4 rings (SSSR count). The fourth-order valence-corrected chi connectivity index (χ4v) is 3.26. The molecule has 3 aromatic rings. The molecule has 0 saturated heterocycles. The Hall–Kier alpha value is -3.01. The summed E-state index contributed by atoms with van der Waals surface area (Å²) in [6.07, 6.45) is 0. The summed E-state index contributed by atoms with van der Waals surface area (Å²) in [4.78, 5) is 0. The van der Waals surface area contributed by atoms with Crippen molar-refractivity contribution in [3.63, 3.8) is 0 Å². The predicted octanol–water partition coefficient (Wildman–Crippen LogP) is 4.37. The summed E-state index contributed by atoms with van der Waals surface area (Å²) >= 11 is 1.31. The van der Waals surface area contributed by atoms with E-state index in [0.717, 1.165) is 11.1 Å². The highest BCUT2D eigenvalue weighted by Crippen LogP contribution is 2.36. The molecule has 0 aliphatic carbocycles. The highest BCUT2D eigenvalue weighted by molar-refractivity contribution is 7.98. The Balaban J connectivity index is 1.43. The maximum Gasteiger partial charge on any atom is 0.387 e. The highest BCUT2D eigenvalue weighted by atomic mass is 32.2. The second kappa shape index (κ2) is 7.93. The van der Waals surface area contributed by atoms with Crippen LogP contribution >= 0.6 is 11.8 Å². The third-order valence-corrected chi connectivity index (χ3v) is 4.72. The van der Waals surface area contributed by atoms with Crippen LogP contribution in [0.2, 0.25) is 0 Å². The first-order valence-corrected chi connectivity index (χ1v) is 9.09. The quantitative estimate of drug-likeness (QED) is 0.534. The molecular formula is C18H14F2N2O5S. The molecule has 1 aliphatic heterocycles. The smallest absolute Gasteiger partial charge is 0.387 e. The van der Waals surface area contributed by atoms with Gasteiger partial charge in [0.15, 0.2) is 23.0 Å². The number of thioether (sulfide) groups is 1. The summed E-state index contributed by atoms with van der Waals surface area (Å²) in [5, 5.41) is 8.44.